The number of nitrogens with zero attached hydrogens (tertiary/aromatic N) is 2. The van der Waals surface area contributed by atoms with Gasteiger partial charge in [-0.3, -0.25) is 4.79 Å². The van der Waals surface area contributed by atoms with E-state index in [1.165, 1.54) is 16.7 Å². The van der Waals surface area contributed by atoms with Gasteiger partial charge in [0.25, 0.3) is 5.91 Å². The van der Waals surface area contributed by atoms with Crippen LogP contribution in [0.2, 0.25) is 0 Å². The van der Waals surface area contributed by atoms with Crippen LogP contribution in [0.15, 0.2) is 103 Å². The molecule has 0 aliphatic heterocycles. The molecule has 0 N–H and O–H groups in total. The lowest BCUT2D eigenvalue weighted by Crippen LogP contribution is -2.47. The van der Waals surface area contributed by atoms with E-state index in [0.717, 1.165) is 82.7 Å². The zero-order valence-electron chi connectivity index (χ0n) is 25.8. The third kappa shape index (κ3) is 6.74. The van der Waals surface area contributed by atoms with Crippen LogP contribution in [0.4, 0.5) is 0 Å². The molecule has 5 rings (SSSR count). The molecule has 0 heterocycles. The van der Waals surface area contributed by atoms with Gasteiger partial charge in [0.2, 0.25) is 0 Å². The van der Waals surface area contributed by atoms with Crippen molar-refractivity contribution in [1.29, 1.82) is 0 Å². The maximum atomic E-state index is 14.5. The maximum Gasteiger partial charge on any atom is 0.255 e. The molecule has 42 heavy (non-hydrogen) atoms. The van der Waals surface area contributed by atoms with E-state index >= 15 is 0 Å². The third-order valence-corrected chi connectivity index (χ3v) is 8.94. The van der Waals surface area contributed by atoms with Crippen LogP contribution in [0.3, 0.4) is 0 Å². The summed E-state index contributed by atoms with van der Waals surface area (Å²) in [7, 11) is 0. The predicted octanol–water partition coefficient (Wildman–Crippen LogP) is 9.09. The molecule has 0 atom stereocenters. The second kappa shape index (κ2) is 13.4. The first kappa shape index (κ1) is 29.5. The second-order valence-electron chi connectivity index (χ2n) is 12.0. The Morgan fingerprint density at radius 2 is 1.24 bits per heavy atom. The van der Waals surface area contributed by atoms with Crippen molar-refractivity contribution in [1.82, 2.24) is 4.90 Å². The van der Waals surface area contributed by atoms with Crippen LogP contribution in [0.1, 0.15) is 59.3 Å². The fourth-order valence-corrected chi connectivity index (χ4v) is 6.60. The minimum atomic E-state index is 0.119. The van der Waals surface area contributed by atoms with Crippen LogP contribution in [0.5, 0.6) is 0 Å². The highest BCUT2D eigenvalue weighted by atomic mass is 16.2. The number of carbonyl (C=O) groups excluding carboxylic acids is 1. The number of rotatable bonds is 12. The molecular weight excluding hydrogens is 512 g/mol. The molecule has 3 nitrogen and oxygen atoms in total. The van der Waals surface area contributed by atoms with Gasteiger partial charge >= 0.3 is 0 Å². The molecule has 0 aromatic heterocycles. The van der Waals surface area contributed by atoms with Gasteiger partial charge in [0, 0.05) is 18.7 Å². The van der Waals surface area contributed by atoms with Crippen molar-refractivity contribution < 1.29 is 9.28 Å². The molecule has 0 spiro atoms. The third-order valence-electron chi connectivity index (χ3n) is 8.94. The summed E-state index contributed by atoms with van der Waals surface area (Å²) in [6.45, 7) is 14.8. The lowest BCUT2D eigenvalue weighted by atomic mass is 9.95. The number of benzene rings is 5. The standard InChI is InChI=1S/C39H45N2O/c1-5-41(6-2,29-33-25-30(3)24-31(4)26-33)23-15-14-22-40(28-32-16-8-7-9-17-32)39(42)38-36-20-12-10-18-34(36)27-35-19-11-13-21-37(35)38/h7-13,16-21,24-27H,5-6,14-15,22-23,28-29H2,1-4H3/q+1. The Kier molecular flexibility index (Phi) is 9.39. The molecule has 0 saturated carbocycles. The molecule has 0 bridgehead atoms. The average Bonchev–Trinajstić information content (AvgIpc) is 3.00. The van der Waals surface area contributed by atoms with Crippen LogP contribution < -0.4 is 0 Å². The fraction of sp³-hybridized carbons (Fsp3) is 0.308. The number of carbonyl (C=O) groups is 1. The molecule has 3 heteroatoms. The van der Waals surface area contributed by atoms with Crippen LogP contribution in [-0.2, 0) is 13.1 Å². The second-order valence-corrected chi connectivity index (χ2v) is 12.0. The van der Waals surface area contributed by atoms with Crippen molar-refractivity contribution in [3.05, 3.63) is 131 Å². The number of unbranched alkanes of at least 4 members (excludes halogenated alkanes) is 1. The molecule has 0 aliphatic rings. The Morgan fingerprint density at radius 3 is 1.83 bits per heavy atom. The van der Waals surface area contributed by atoms with Gasteiger partial charge in [0.1, 0.15) is 6.54 Å². The Morgan fingerprint density at radius 1 is 0.667 bits per heavy atom. The van der Waals surface area contributed by atoms with Gasteiger partial charge in [0.05, 0.1) is 25.2 Å². The minimum absolute atomic E-state index is 0.119. The van der Waals surface area contributed by atoms with Crippen molar-refractivity contribution in [2.24, 2.45) is 0 Å². The van der Waals surface area contributed by atoms with Crippen molar-refractivity contribution in [3.8, 4) is 0 Å². The van der Waals surface area contributed by atoms with Crippen molar-refractivity contribution in [3.63, 3.8) is 0 Å². The summed E-state index contributed by atoms with van der Waals surface area (Å²) in [4.78, 5) is 16.6. The van der Waals surface area contributed by atoms with Gasteiger partial charge in [-0.15, -0.1) is 0 Å². The Labute approximate surface area is 252 Å². The monoisotopic (exact) mass is 557 g/mol. The number of hydrogen-bond donors (Lipinski definition) is 0. The van der Waals surface area contributed by atoms with E-state index < -0.39 is 0 Å². The minimum Gasteiger partial charge on any atom is -0.334 e. The van der Waals surface area contributed by atoms with Crippen LogP contribution in [-0.4, -0.2) is 41.5 Å². The normalized spacial score (nSPS) is 11.7. The Hall–Kier alpha value is -3.95. The summed E-state index contributed by atoms with van der Waals surface area (Å²) in [6.07, 6.45) is 2.06. The van der Waals surface area contributed by atoms with Crippen molar-refractivity contribution in [2.75, 3.05) is 26.2 Å². The average molecular weight is 558 g/mol. The molecule has 0 radical (unpaired) electrons. The lowest BCUT2D eigenvalue weighted by molar-refractivity contribution is -0.938. The molecule has 5 aromatic carbocycles. The highest BCUT2D eigenvalue weighted by Crippen LogP contribution is 2.30. The summed E-state index contributed by atoms with van der Waals surface area (Å²) in [5.74, 6) is 0.119. The number of hydrogen-bond acceptors (Lipinski definition) is 1. The van der Waals surface area contributed by atoms with E-state index in [2.05, 4.69) is 118 Å². The fourth-order valence-electron chi connectivity index (χ4n) is 6.60. The largest absolute Gasteiger partial charge is 0.334 e. The molecule has 1 amide bonds. The zero-order valence-corrected chi connectivity index (χ0v) is 25.8. The van der Waals surface area contributed by atoms with Crippen LogP contribution in [0.25, 0.3) is 21.5 Å². The summed E-state index contributed by atoms with van der Waals surface area (Å²) in [5.41, 5.74) is 6.09. The molecular formula is C39H45N2O+. The van der Waals surface area contributed by atoms with E-state index in [1.54, 1.807) is 0 Å². The molecule has 5 aromatic rings. The summed E-state index contributed by atoms with van der Waals surface area (Å²) >= 11 is 0. The molecule has 0 saturated heterocycles. The maximum absolute atomic E-state index is 14.5. The van der Waals surface area contributed by atoms with Gasteiger partial charge in [-0.1, -0.05) is 108 Å². The van der Waals surface area contributed by atoms with E-state index in [4.69, 9.17) is 0 Å². The number of quaternary nitrogens is 1. The van der Waals surface area contributed by atoms with Crippen molar-refractivity contribution >= 4 is 27.5 Å². The van der Waals surface area contributed by atoms with Gasteiger partial charge in [-0.2, -0.15) is 0 Å². The first-order valence-corrected chi connectivity index (χ1v) is 15.6. The molecule has 0 aliphatic carbocycles. The summed E-state index contributed by atoms with van der Waals surface area (Å²) in [5, 5.41) is 4.28. The van der Waals surface area contributed by atoms with Crippen LogP contribution in [0, 0.1) is 13.8 Å². The quantitative estimate of drug-likeness (QED) is 0.0851. The number of aryl methyl sites for hydroxylation is 2. The zero-order chi connectivity index (χ0) is 29.5. The van der Waals surface area contributed by atoms with Gasteiger partial charge in [-0.05, 0) is 73.7 Å². The number of fused-ring (bicyclic) bond motifs is 2. The molecule has 0 unspecified atom stereocenters. The Bertz CT molecular complexity index is 1580. The highest BCUT2D eigenvalue weighted by Gasteiger charge is 2.25. The first-order valence-electron chi connectivity index (χ1n) is 15.6. The van der Waals surface area contributed by atoms with E-state index in [9.17, 15) is 4.79 Å². The van der Waals surface area contributed by atoms with Gasteiger partial charge in [0.15, 0.2) is 0 Å². The van der Waals surface area contributed by atoms with Crippen LogP contribution >= 0.6 is 0 Å². The summed E-state index contributed by atoms with van der Waals surface area (Å²) in [6, 6.07) is 36.2. The predicted molar refractivity (Wildman–Crippen MR) is 178 cm³/mol. The molecule has 0 fully saturated rings. The molecule has 216 valence electrons. The van der Waals surface area contributed by atoms with E-state index in [-0.39, 0.29) is 5.91 Å². The van der Waals surface area contributed by atoms with E-state index in [1.807, 2.05) is 18.2 Å². The SMILES string of the molecule is CC[N+](CC)(CCCCN(Cc1ccccc1)C(=O)c1c2ccccc2cc2ccccc12)Cc1cc(C)cc(C)c1. The highest BCUT2D eigenvalue weighted by molar-refractivity contribution is 6.18. The Balaban J connectivity index is 1.39. The van der Waals surface area contributed by atoms with Gasteiger partial charge < -0.3 is 9.38 Å². The topological polar surface area (TPSA) is 20.3 Å². The lowest BCUT2D eigenvalue weighted by Gasteiger charge is -2.37. The summed E-state index contributed by atoms with van der Waals surface area (Å²) < 4.78 is 1.07. The van der Waals surface area contributed by atoms with Crippen molar-refractivity contribution in [2.45, 2.75) is 53.6 Å². The smallest absolute Gasteiger partial charge is 0.255 e. The van der Waals surface area contributed by atoms with E-state index in [0.29, 0.717) is 6.54 Å². The van der Waals surface area contributed by atoms with Gasteiger partial charge in [-0.25, -0.2) is 0 Å². The first-order chi connectivity index (χ1) is 20.4. The number of amides is 1.